The molecule has 0 unspecified atom stereocenters. The lowest BCUT2D eigenvalue weighted by molar-refractivity contribution is -0.134. The van der Waals surface area contributed by atoms with Crippen molar-refractivity contribution in [2.75, 3.05) is 5.32 Å². The van der Waals surface area contributed by atoms with Crippen LogP contribution in [0, 0.1) is 0 Å². The zero-order valence-electron chi connectivity index (χ0n) is 14.9. The van der Waals surface area contributed by atoms with Gasteiger partial charge in [-0.05, 0) is 42.5 Å². The van der Waals surface area contributed by atoms with Crippen LogP contribution in [0.5, 0.6) is 5.75 Å². The first-order chi connectivity index (χ1) is 13.0. The van der Waals surface area contributed by atoms with E-state index in [1.165, 1.54) is 6.07 Å². The van der Waals surface area contributed by atoms with Gasteiger partial charge in [-0.2, -0.15) is 0 Å². The van der Waals surface area contributed by atoms with Crippen LogP contribution in [-0.2, 0) is 9.59 Å². The summed E-state index contributed by atoms with van der Waals surface area (Å²) in [6, 6.07) is 11.5. The molecule has 3 rings (SSSR count). The summed E-state index contributed by atoms with van der Waals surface area (Å²) >= 11 is 0. The van der Waals surface area contributed by atoms with Crippen LogP contribution in [0.1, 0.15) is 26.7 Å². The van der Waals surface area contributed by atoms with Gasteiger partial charge in [0.25, 0.3) is 0 Å². The zero-order chi connectivity index (χ0) is 19.4. The molecule has 0 aliphatic carbocycles. The van der Waals surface area contributed by atoms with Gasteiger partial charge in [-0.15, -0.1) is 0 Å². The maximum atomic E-state index is 12.3. The summed E-state index contributed by atoms with van der Waals surface area (Å²) < 4.78 is 10.4. The number of nitrogens with one attached hydrogen (secondary N) is 1. The van der Waals surface area contributed by atoms with Crippen LogP contribution in [0.25, 0.3) is 22.4 Å². The summed E-state index contributed by atoms with van der Waals surface area (Å²) in [5.41, 5.74) is 1.11. The number of fused-ring (bicyclic) bond motifs is 1. The molecule has 0 bridgehead atoms. The van der Waals surface area contributed by atoms with Gasteiger partial charge >= 0.3 is 11.6 Å². The first-order valence-electron chi connectivity index (χ1n) is 8.56. The molecule has 0 saturated carbocycles. The molecule has 27 heavy (non-hydrogen) atoms. The van der Waals surface area contributed by atoms with Crippen molar-refractivity contribution in [3.05, 3.63) is 52.9 Å². The average molecular weight is 366 g/mol. The summed E-state index contributed by atoms with van der Waals surface area (Å²) in [4.78, 5) is 39.5. The topological polar surface area (TPSA) is 98.5 Å². The van der Waals surface area contributed by atoms with Crippen LogP contribution >= 0.6 is 0 Å². The number of amides is 1. The number of hydrogen-bond donors (Lipinski definition) is 1. The molecule has 1 heterocycles. The van der Waals surface area contributed by atoms with Crippen molar-refractivity contribution < 1.29 is 18.7 Å². The molecule has 3 aromatic rings. The van der Waals surface area contributed by atoms with E-state index in [9.17, 15) is 14.4 Å². The van der Waals surface area contributed by atoms with Gasteiger partial charge in [0.1, 0.15) is 5.75 Å². The minimum atomic E-state index is -0.576. The number of carbonyl (C=O) groups is 2. The third kappa shape index (κ3) is 4.20. The van der Waals surface area contributed by atoms with E-state index in [-0.39, 0.29) is 29.4 Å². The van der Waals surface area contributed by atoms with Gasteiger partial charge in [0.2, 0.25) is 11.8 Å². The van der Waals surface area contributed by atoms with Crippen LogP contribution in [0.2, 0.25) is 0 Å². The zero-order valence-corrected chi connectivity index (χ0v) is 14.9. The van der Waals surface area contributed by atoms with Crippen molar-refractivity contribution in [3.63, 3.8) is 0 Å². The number of benzene rings is 2. The third-order valence-corrected chi connectivity index (χ3v) is 3.86. The molecule has 1 amide bonds. The van der Waals surface area contributed by atoms with Crippen molar-refractivity contribution in [2.45, 2.75) is 26.7 Å². The number of esters is 1. The SMILES string of the molecule is CCC(=O)Nc1ccc(-c2nc3ccc(OC(=O)CC)cc3c(=O)o2)cc1. The fourth-order valence-electron chi connectivity index (χ4n) is 2.39. The molecular weight excluding hydrogens is 348 g/mol. The van der Waals surface area contributed by atoms with Gasteiger partial charge in [0, 0.05) is 24.1 Å². The molecule has 0 saturated heterocycles. The van der Waals surface area contributed by atoms with Gasteiger partial charge in [0.15, 0.2) is 0 Å². The lowest BCUT2D eigenvalue weighted by atomic mass is 10.2. The highest BCUT2D eigenvalue weighted by atomic mass is 16.5. The number of rotatable bonds is 5. The Balaban J connectivity index is 1.92. The van der Waals surface area contributed by atoms with Gasteiger partial charge in [0.05, 0.1) is 10.9 Å². The molecule has 0 aliphatic rings. The second kappa shape index (κ2) is 7.82. The van der Waals surface area contributed by atoms with Crippen LogP contribution in [0.3, 0.4) is 0 Å². The molecule has 7 heteroatoms. The number of nitrogens with zero attached hydrogens (tertiary/aromatic N) is 1. The van der Waals surface area contributed by atoms with E-state index in [1.807, 2.05) is 0 Å². The summed E-state index contributed by atoms with van der Waals surface area (Å²) in [6.45, 7) is 3.45. The van der Waals surface area contributed by atoms with Crippen LogP contribution in [-0.4, -0.2) is 16.9 Å². The molecular formula is C20H18N2O5. The molecule has 0 radical (unpaired) electrons. The maximum Gasteiger partial charge on any atom is 0.347 e. The molecule has 0 fully saturated rings. The van der Waals surface area contributed by atoms with Crippen molar-refractivity contribution in [1.29, 1.82) is 0 Å². The lowest BCUT2D eigenvalue weighted by Gasteiger charge is -2.06. The number of anilines is 1. The highest BCUT2D eigenvalue weighted by Gasteiger charge is 2.11. The van der Waals surface area contributed by atoms with Crippen LogP contribution in [0.4, 0.5) is 5.69 Å². The van der Waals surface area contributed by atoms with Crippen molar-refractivity contribution in [3.8, 4) is 17.2 Å². The monoisotopic (exact) mass is 366 g/mol. The van der Waals surface area contributed by atoms with Gasteiger partial charge in [-0.1, -0.05) is 13.8 Å². The van der Waals surface area contributed by atoms with Crippen molar-refractivity contribution in [2.24, 2.45) is 0 Å². The van der Waals surface area contributed by atoms with Crippen LogP contribution < -0.4 is 15.7 Å². The molecule has 0 spiro atoms. The third-order valence-electron chi connectivity index (χ3n) is 3.86. The Bertz CT molecular complexity index is 1050. The number of carbonyl (C=O) groups excluding carboxylic acids is 2. The minimum Gasteiger partial charge on any atom is -0.427 e. The summed E-state index contributed by atoms with van der Waals surface area (Å²) in [5, 5.41) is 2.97. The fourth-order valence-corrected chi connectivity index (χ4v) is 2.39. The Labute approximate surface area is 155 Å². The Morgan fingerprint density at radius 3 is 2.48 bits per heavy atom. The Morgan fingerprint density at radius 1 is 1.07 bits per heavy atom. The van der Waals surface area contributed by atoms with E-state index in [0.717, 1.165) is 0 Å². The quantitative estimate of drug-likeness (QED) is 0.548. The average Bonchev–Trinajstić information content (AvgIpc) is 2.68. The molecule has 7 nitrogen and oxygen atoms in total. The predicted molar refractivity (Wildman–Crippen MR) is 101 cm³/mol. The molecule has 0 atom stereocenters. The first kappa shape index (κ1) is 18.3. The predicted octanol–water partition coefficient (Wildman–Crippen LogP) is 3.52. The molecule has 1 N–H and O–H groups in total. The van der Waals surface area contributed by atoms with Crippen LogP contribution in [0.15, 0.2) is 51.7 Å². The molecule has 2 aromatic carbocycles. The normalized spacial score (nSPS) is 10.6. The summed E-state index contributed by atoms with van der Waals surface area (Å²) in [5.74, 6) is -0.0392. The highest BCUT2D eigenvalue weighted by molar-refractivity contribution is 5.90. The van der Waals surface area contributed by atoms with E-state index in [4.69, 9.17) is 9.15 Å². The molecule has 0 aliphatic heterocycles. The second-order valence-corrected chi connectivity index (χ2v) is 5.79. The number of aromatic nitrogens is 1. The standard InChI is InChI=1S/C20H18N2O5/c1-3-17(23)21-13-7-5-12(6-8-13)19-22-16-10-9-14(26-18(24)4-2)11-15(16)20(25)27-19/h5-11H,3-4H2,1-2H3,(H,21,23). The lowest BCUT2D eigenvalue weighted by Crippen LogP contribution is -2.09. The second-order valence-electron chi connectivity index (χ2n) is 5.79. The first-order valence-corrected chi connectivity index (χ1v) is 8.56. The van der Waals surface area contributed by atoms with Gasteiger partial charge < -0.3 is 14.5 Å². The van der Waals surface area contributed by atoms with E-state index >= 15 is 0 Å². The van der Waals surface area contributed by atoms with E-state index < -0.39 is 11.6 Å². The fraction of sp³-hybridized carbons (Fsp3) is 0.200. The van der Waals surface area contributed by atoms with E-state index in [1.54, 1.807) is 50.2 Å². The van der Waals surface area contributed by atoms with Gasteiger partial charge in [-0.3, -0.25) is 9.59 Å². The number of ether oxygens (including phenoxy) is 1. The van der Waals surface area contributed by atoms with E-state index in [0.29, 0.717) is 23.2 Å². The Kier molecular flexibility index (Phi) is 5.30. The van der Waals surface area contributed by atoms with Gasteiger partial charge in [-0.25, -0.2) is 9.78 Å². The largest absolute Gasteiger partial charge is 0.427 e. The summed E-state index contributed by atoms with van der Waals surface area (Å²) in [6.07, 6.45) is 0.622. The Morgan fingerprint density at radius 2 is 1.81 bits per heavy atom. The smallest absolute Gasteiger partial charge is 0.347 e. The maximum absolute atomic E-state index is 12.3. The highest BCUT2D eigenvalue weighted by Crippen LogP contribution is 2.23. The Hall–Kier alpha value is -3.48. The van der Waals surface area contributed by atoms with Crippen molar-refractivity contribution >= 4 is 28.5 Å². The minimum absolute atomic E-state index is 0.0855. The molecule has 138 valence electrons. The van der Waals surface area contributed by atoms with Crippen molar-refractivity contribution in [1.82, 2.24) is 4.98 Å². The molecule has 1 aromatic heterocycles. The summed E-state index contributed by atoms with van der Waals surface area (Å²) in [7, 11) is 0. The van der Waals surface area contributed by atoms with E-state index in [2.05, 4.69) is 10.3 Å². The number of hydrogen-bond acceptors (Lipinski definition) is 6.